The molecule has 0 bridgehead atoms. The highest BCUT2D eigenvalue weighted by atomic mass is 16.5. The van der Waals surface area contributed by atoms with Gasteiger partial charge in [0, 0.05) is 63.8 Å². The third-order valence-electron chi connectivity index (χ3n) is 5.74. The van der Waals surface area contributed by atoms with Crippen molar-refractivity contribution in [1.29, 1.82) is 0 Å². The second-order valence-electron chi connectivity index (χ2n) is 7.59. The summed E-state index contributed by atoms with van der Waals surface area (Å²) in [7, 11) is 0. The van der Waals surface area contributed by atoms with Crippen LogP contribution in [0.25, 0.3) is 0 Å². The fourth-order valence-electron chi connectivity index (χ4n) is 4.14. The lowest BCUT2D eigenvalue weighted by Crippen LogP contribution is -2.51. The third kappa shape index (κ3) is 4.30. The van der Waals surface area contributed by atoms with Crippen molar-refractivity contribution in [2.45, 2.75) is 31.8 Å². The Morgan fingerprint density at radius 3 is 2.38 bits per heavy atom. The molecule has 3 aliphatic heterocycles. The van der Waals surface area contributed by atoms with Crippen molar-refractivity contribution in [1.82, 2.24) is 9.80 Å². The Morgan fingerprint density at radius 1 is 1.00 bits per heavy atom. The molecule has 2 amide bonds. The van der Waals surface area contributed by atoms with E-state index in [0.717, 1.165) is 58.1 Å². The topological polar surface area (TPSA) is 48.1 Å². The summed E-state index contributed by atoms with van der Waals surface area (Å²) in [6.45, 7) is 7.62. The van der Waals surface area contributed by atoms with E-state index in [0.29, 0.717) is 6.10 Å². The number of rotatable bonds is 4. The highest BCUT2D eigenvalue weighted by Gasteiger charge is 2.25. The molecule has 6 nitrogen and oxygen atoms in total. The van der Waals surface area contributed by atoms with E-state index in [1.165, 1.54) is 31.4 Å². The van der Waals surface area contributed by atoms with Gasteiger partial charge in [-0.15, -0.1) is 0 Å². The van der Waals surface area contributed by atoms with Crippen molar-refractivity contribution in [3.63, 3.8) is 0 Å². The lowest BCUT2D eigenvalue weighted by molar-refractivity contribution is 0.0572. The monoisotopic (exact) mass is 358 g/mol. The summed E-state index contributed by atoms with van der Waals surface area (Å²) >= 11 is 0. The van der Waals surface area contributed by atoms with Crippen LogP contribution >= 0.6 is 0 Å². The zero-order chi connectivity index (χ0) is 17.8. The van der Waals surface area contributed by atoms with Crippen molar-refractivity contribution in [2.75, 3.05) is 62.6 Å². The van der Waals surface area contributed by atoms with Gasteiger partial charge in [0.2, 0.25) is 0 Å². The molecule has 1 unspecified atom stereocenters. The first-order chi connectivity index (χ1) is 12.8. The molecule has 4 rings (SSSR count). The molecule has 6 heteroatoms. The smallest absolute Gasteiger partial charge is 0.321 e. The summed E-state index contributed by atoms with van der Waals surface area (Å²) in [5.41, 5.74) is 2.13. The predicted molar refractivity (Wildman–Crippen MR) is 104 cm³/mol. The van der Waals surface area contributed by atoms with Crippen LogP contribution in [0.3, 0.4) is 0 Å². The first kappa shape index (κ1) is 17.6. The third-order valence-corrected chi connectivity index (χ3v) is 5.74. The molecule has 0 aliphatic carbocycles. The van der Waals surface area contributed by atoms with Gasteiger partial charge in [0.1, 0.15) is 0 Å². The van der Waals surface area contributed by atoms with Crippen LogP contribution in [0.4, 0.5) is 16.2 Å². The SMILES string of the molecule is O=C(Nc1ccc(N2CCCC2)cc1)N1CCN(CC2CCCO2)CC1. The summed E-state index contributed by atoms with van der Waals surface area (Å²) in [6, 6.07) is 8.26. The molecular formula is C20H30N4O2. The number of amides is 2. The Labute approximate surface area is 156 Å². The van der Waals surface area contributed by atoms with Gasteiger partial charge < -0.3 is 19.9 Å². The molecule has 0 aromatic heterocycles. The molecule has 1 aromatic rings. The van der Waals surface area contributed by atoms with E-state index in [9.17, 15) is 4.79 Å². The fourth-order valence-corrected chi connectivity index (χ4v) is 4.14. The van der Waals surface area contributed by atoms with Crippen LogP contribution < -0.4 is 10.2 Å². The van der Waals surface area contributed by atoms with Crippen LogP contribution in [-0.4, -0.2) is 74.4 Å². The molecule has 1 atom stereocenters. The molecule has 0 saturated carbocycles. The molecule has 1 N–H and O–H groups in total. The number of nitrogens with zero attached hydrogens (tertiary/aromatic N) is 3. The van der Waals surface area contributed by atoms with Gasteiger partial charge in [-0.25, -0.2) is 4.79 Å². The van der Waals surface area contributed by atoms with E-state index >= 15 is 0 Å². The molecule has 3 heterocycles. The number of piperazine rings is 1. The predicted octanol–water partition coefficient (Wildman–Crippen LogP) is 2.62. The number of hydrogen-bond donors (Lipinski definition) is 1. The first-order valence-corrected chi connectivity index (χ1v) is 10.0. The second kappa shape index (κ2) is 8.27. The molecule has 3 saturated heterocycles. The van der Waals surface area contributed by atoms with Gasteiger partial charge in [-0.3, -0.25) is 4.90 Å². The first-order valence-electron chi connectivity index (χ1n) is 10.0. The number of hydrogen-bond acceptors (Lipinski definition) is 4. The van der Waals surface area contributed by atoms with Gasteiger partial charge in [-0.05, 0) is 49.9 Å². The van der Waals surface area contributed by atoms with Crippen LogP contribution in [0.1, 0.15) is 25.7 Å². The molecule has 3 aliphatic rings. The van der Waals surface area contributed by atoms with Gasteiger partial charge in [0.05, 0.1) is 6.10 Å². The molecule has 26 heavy (non-hydrogen) atoms. The van der Waals surface area contributed by atoms with Crippen LogP contribution in [0, 0.1) is 0 Å². The molecule has 0 radical (unpaired) electrons. The highest BCUT2D eigenvalue weighted by molar-refractivity contribution is 5.89. The number of anilines is 2. The van der Waals surface area contributed by atoms with Crippen molar-refractivity contribution in [3.05, 3.63) is 24.3 Å². The second-order valence-corrected chi connectivity index (χ2v) is 7.59. The minimum atomic E-state index is 0.00990. The molecular weight excluding hydrogens is 328 g/mol. The van der Waals surface area contributed by atoms with Crippen molar-refractivity contribution < 1.29 is 9.53 Å². The van der Waals surface area contributed by atoms with Crippen LogP contribution in [0.15, 0.2) is 24.3 Å². The number of carbonyl (C=O) groups excluding carboxylic acids is 1. The lowest BCUT2D eigenvalue weighted by atomic mass is 10.2. The van der Waals surface area contributed by atoms with E-state index in [2.05, 4.69) is 27.2 Å². The van der Waals surface area contributed by atoms with Gasteiger partial charge >= 0.3 is 6.03 Å². The van der Waals surface area contributed by atoms with Gasteiger partial charge in [-0.2, -0.15) is 0 Å². The zero-order valence-electron chi connectivity index (χ0n) is 15.5. The fraction of sp³-hybridized carbons (Fsp3) is 0.650. The maximum absolute atomic E-state index is 12.5. The van der Waals surface area contributed by atoms with Gasteiger partial charge in [-0.1, -0.05) is 0 Å². The number of benzene rings is 1. The molecule has 1 aromatic carbocycles. The van der Waals surface area contributed by atoms with E-state index in [-0.39, 0.29) is 6.03 Å². The number of ether oxygens (including phenoxy) is 1. The number of nitrogens with one attached hydrogen (secondary N) is 1. The summed E-state index contributed by atoms with van der Waals surface area (Å²) in [6.07, 6.45) is 5.30. The Bertz CT molecular complexity index is 586. The zero-order valence-corrected chi connectivity index (χ0v) is 15.5. The molecule has 142 valence electrons. The summed E-state index contributed by atoms with van der Waals surface area (Å²) in [4.78, 5) is 19.3. The average Bonchev–Trinajstić information content (AvgIpc) is 3.37. The van der Waals surface area contributed by atoms with E-state index in [1.807, 2.05) is 17.0 Å². The molecule has 0 spiro atoms. The number of carbonyl (C=O) groups is 1. The van der Waals surface area contributed by atoms with Crippen molar-refractivity contribution >= 4 is 17.4 Å². The van der Waals surface area contributed by atoms with Gasteiger partial charge in [0.15, 0.2) is 0 Å². The minimum absolute atomic E-state index is 0.00990. The Hall–Kier alpha value is -1.79. The Balaban J connectivity index is 1.23. The summed E-state index contributed by atoms with van der Waals surface area (Å²) in [5, 5.41) is 3.04. The largest absolute Gasteiger partial charge is 0.377 e. The van der Waals surface area contributed by atoms with Gasteiger partial charge in [0.25, 0.3) is 0 Å². The van der Waals surface area contributed by atoms with Crippen LogP contribution in [0.2, 0.25) is 0 Å². The quantitative estimate of drug-likeness (QED) is 0.899. The Kier molecular flexibility index (Phi) is 5.60. The standard InChI is InChI=1S/C20H30N4O2/c25-20(21-17-5-7-18(8-6-17)23-9-1-2-10-23)24-13-11-22(12-14-24)16-19-4-3-15-26-19/h5-8,19H,1-4,9-16H2,(H,21,25). The van der Waals surface area contributed by atoms with E-state index in [1.54, 1.807) is 0 Å². The van der Waals surface area contributed by atoms with Crippen molar-refractivity contribution in [3.8, 4) is 0 Å². The molecule has 3 fully saturated rings. The summed E-state index contributed by atoms with van der Waals surface area (Å²) in [5.74, 6) is 0. The average molecular weight is 358 g/mol. The minimum Gasteiger partial charge on any atom is -0.377 e. The van der Waals surface area contributed by atoms with Crippen LogP contribution in [0.5, 0.6) is 0 Å². The lowest BCUT2D eigenvalue weighted by Gasteiger charge is -2.35. The van der Waals surface area contributed by atoms with Crippen molar-refractivity contribution in [2.24, 2.45) is 0 Å². The normalized spacial score (nSPS) is 24.2. The maximum atomic E-state index is 12.5. The van der Waals surface area contributed by atoms with E-state index in [4.69, 9.17) is 4.74 Å². The number of urea groups is 1. The maximum Gasteiger partial charge on any atom is 0.321 e. The summed E-state index contributed by atoms with van der Waals surface area (Å²) < 4.78 is 5.72. The van der Waals surface area contributed by atoms with Crippen LogP contribution in [-0.2, 0) is 4.74 Å². The van der Waals surface area contributed by atoms with E-state index < -0.39 is 0 Å². The highest BCUT2D eigenvalue weighted by Crippen LogP contribution is 2.22. The Morgan fingerprint density at radius 2 is 1.73 bits per heavy atom.